The van der Waals surface area contributed by atoms with Crippen LogP contribution in [-0.2, 0) is 26.2 Å². The zero-order chi connectivity index (χ0) is 38.5. The number of benzene rings is 4. The molecule has 0 aliphatic heterocycles. The number of carbonyl (C=O) groups excluding carboxylic acids is 1. The van der Waals surface area contributed by atoms with Crippen LogP contribution in [0.15, 0.2) is 79.0 Å². The number of rotatable bonds is 13. The minimum atomic E-state index is -3.65. The fraction of sp³-hybridized carbons (Fsp3) is 0.243. The molecule has 0 aliphatic rings. The molecule has 5 rings (SSSR count). The first kappa shape index (κ1) is 38.6. The maximum atomic E-state index is 13.5. The van der Waals surface area contributed by atoms with Gasteiger partial charge >= 0.3 is 14.1 Å². The summed E-state index contributed by atoms with van der Waals surface area (Å²) in [6.07, 6.45) is 2.50. The number of anilines is 5. The number of pyridine rings is 1. The van der Waals surface area contributed by atoms with Crippen molar-refractivity contribution in [3.05, 3.63) is 90.1 Å². The number of hydrogen-bond donors (Lipinski definition) is 5. The average Bonchev–Trinajstić information content (AvgIpc) is 3.08. The largest absolute Gasteiger partial charge is 0.510 e. The zero-order valence-electron chi connectivity index (χ0n) is 30.2. The van der Waals surface area contributed by atoms with E-state index in [4.69, 9.17) is 18.9 Å². The Balaban J connectivity index is 1.39. The highest BCUT2D eigenvalue weighted by Crippen LogP contribution is 2.41. The Hall–Kier alpha value is -5.63. The zero-order valence-corrected chi connectivity index (χ0v) is 31.9. The van der Waals surface area contributed by atoms with Crippen molar-refractivity contribution in [3.63, 3.8) is 0 Å². The van der Waals surface area contributed by atoms with Crippen molar-refractivity contribution in [2.24, 2.45) is 0 Å². The summed E-state index contributed by atoms with van der Waals surface area (Å²) in [5, 5.41) is 10.3. The molecule has 1 heterocycles. The summed E-state index contributed by atoms with van der Waals surface area (Å²) in [7, 11) is -1.77. The summed E-state index contributed by atoms with van der Waals surface area (Å²) in [6, 6.07) is 20.5. The molecule has 278 valence electrons. The smallest absolute Gasteiger partial charge is 0.496 e. The number of sulfonamides is 1. The molecule has 0 bridgehead atoms. The highest BCUT2D eigenvalue weighted by molar-refractivity contribution is 7.92. The summed E-state index contributed by atoms with van der Waals surface area (Å²) >= 11 is 0. The fourth-order valence-electron chi connectivity index (χ4n) is 5.56. The Morgan fingerprint density at radius 3 is 2.08 bits per heavy atom. The lowest BCUT2D eigenvalue weighted by molar-refractivity contribution is 0.262. The SMILES string of the molecule is COc1cc(Nc2cc(Oc3ccc(NC(=O)Nc4cc(C(C)(C)C)cc(NS(C)(=O)=O)c4OC)c4ccccc34)ccn2)cc(OC)c1C[P+](=O)O. The minimum absolute atomic E-state index is 0.123. The number of fused-ring (bicyclic) bond motifs is 1. The number of hydrogen-bond acceptors (Lipinski definition) is 10. The number of nitrogens with one attached hydrogen (secondary N) is 4. The molecular weight excluding hydrogens is 721 g/mol. The lowest BCUT2D eigenvalue weighted by Crippen LogP contribution is -2.22. The summed E-state index contributed by atoms with van der Waals surface area (Å²) in [6.45, 7) is 5.92. The quantitative estimate of drug-likeness (QED) is 0.0726. The Morgan fingerprint density at radius 2 is 1.47 bits per heavy atom. The van der Waals surface area contributed by atoms with Gasteiger partial charge < -0.3 is 34.9 Å². The third kappa shape index (κ3) is 9.63. The monoisotopic (exact) mass is 762 g/mol. The second-order valence-electron chi connectivity index (χ2n) is 12.9. The van der Waals surface area contributed by atoms with Crippen LogP contribution in [-0.4, -0.2) is 51.9 Å². The first-order valence-electron chi connectivity index (χ1n) is 16.2. The lowest BCUT2D eigenvalue weighted by atomic mass is 9.86. The number of aromatic nitrogens is 1. The van der Waals surface area contributed by atoms with Gasteiger partial charge in [-0.25, -0.2) is 18.2 Å². The molecule has 53 heavy (non-hydrogen) atoms. The van der Waals surface area contributed by atoms with Crippen molar-refractivity contribution >= 4 is 63.4 Å². The lowest BCUT2D eigenvalue weighted by Gasteiger charge is -2.24. The van der Waals surface area contributed by atoms with Gasteiger partial charge in [0.2, 0.25) is 16.2 Å². The van der Waals surface area contributed by atoms with E-state index >= 15 is 0 Å². The third-order valence-electron chi connectivity index (χ3n) is 7.97. The fourth-order valence-corrected chi connectivity index (χ4v) is 6.69. The van der Waals surface area contributed by atoms with E-state index in [0.717, 1.165) is 17.2 Å². The van der Waals surface area contributed by atoms with Gasteiger partial charge in [0.05, 0.1) is 50.2 Å². The van der Waals surface area contributed by atoms with E-state index in [2.05, 4.69) is 25.7 Å². The van der Waals surface area contributed by atoms with Gasteiger partial charge in [-0.05, 0) is 45.9 Å². The third-order valence-corrected chi connectivity index (χ3v) is 9.15. The van der Waals surface area contributed by atoms with Crippen LogP contribution in [0.2, 0.25) is 0 Å². The molecule has 2 amide bonds. The van der Waals surface area contributed by atoms with Crippen LogP contribution in [0.4, 0.5) is 33.4 Å². The molecule has 1 atom stereocenters. The van der Waals surface area contributed by atoms with Crippen molar-refractivity contribution in [1.29, 1.82) is 0 Å². The highest BCUT2D eigenvalue weighted by Gasteiger charge is 2.24. The normalized spacial score (nSPS) is 11.7. The van der Waals surface area contributed by atoms with Crippen molar-refractivity contribution in [2.75, 3.05) is 48.3 Å². The van der Waals surface area contributed by atoms with Crippen LogP contribution >= 0.6 is 8.03 Å². The number of carbonyl (C=O) groups is 1. The molecule has 16 heteroatoms. The number of nitrogens with zero attached hydrogens (tertiary/aromatic N) is 1. The minimum Gasteiger partial charge on any atom is -0.496 e. The van der Waals surface area contributed by atoms with Gasteiger partial charge in [0.1, 0.15) is 28.8 Å². The van der Waals surface area contributed by atoms with Gasteiger partial charge in [-0.3, -0.25) is 4.72 Å². The molecule has 0 aliphatic carbocycles. The molecule has 1 aromatic heterocycles. The molecule has 5 aromatic rings. The molecule has 1 unspecified atom stereocenters. The molecule has 0 radical (unpaired) electrons. The predicted molar refractivity (Wildman–Crippen MR) is 207 cm³/mol. The van der Waals surface area contributed by atoms with E-state index in [1.807, 2.05) is 45.0 Å². The highest BCUT2D eigenvalue weighted by atomic mass is 32.2. The Bertz CT molecular complexity index is 2270. The number of ether oxygens (including phenoxy) is 4. The van der Waals surface area contributed by atoms with E-state index in [9.17, 15) is 22.7 Å². The van der Waals surface area contributed by atoms with E-state index in [1.165, 1.54) is 21.3 Å². The van der Waals surface area contributed by atoms with Gasteiger partial charge in [-0.2, -0.15) is 4.89 Å². The second kappa shape index (κ2) is 15.9. The Kier molecular flexibility index (Phi) is 11.6. The first-order chi connectivity index (χ1) is 25.1. The molecular formula is C37H41N5O9PS+. The van der Waals surface area contributed by atoms with E-state index in [-0.39, 0.29) is 28.7 Å². The predicted octanol–water partition coefficient (Wildman–Crippen LogP) is 8.34. The molecule has 0 fully saturated rings. The van der Waals surface area contributed by atoms with Crippen molar-refractivity contribution < 1.29 is 41.6 Å². The summed E-state index contributed by atoms with van der Waals surface area (Å²) in [4.78, 5) is 27.3. The maximum Gasteiger partial charge on any atom is 0.510 e. The number of urea groups is 1. The van der Waals surface area contributed by atoms with Crippen LogP contribution < -0.4 is 39.6 Å². The van der Waals surface area contributed by atoms with Crippen molar-refractivity contribution in [3.8, 4) is 28.7 Å². The van der Waals surface area contributed by atoms with Gasteiger partial charge in [-0.15, -0.1) is 0 Å². The van der Waals surface area contributed by atoms with Crippen LogP contribution in [0, 0.1) is 0 Å². The standard InChI is InChI=1S/C37H40N5O9PS/c1-37(2,3)22-16-29(35(50-6)30(17-22)42-53(7,46)47)41-36(43)40-28-12-13-31(26-11-9-8-10-25(26)28)51-24-14-15-38-34(20-24)39-23-18-32(48-4)27(21-52(44)45)33(19-23)49-5/h8-20,42H,21H2,1-7H3,(H3-,38,39,40,41,43,44,45)/p+1. The van der Waals surface area contributed by atoms with Crippen molar-refractivity contribution in [2.45, 2.75) is 32.3 Å². The molecule has 0 saturated heterocycles. The van der Waals surface area contributed by atoms with Crippen molar-refractivity contribution in [1.82, 2.24) is 4.98 Å². The van der Waals surface area contributed by atoms with Gasteiger partial charge in [-0.1, -0.05) is 45.0 Å². The van der Waals surface area contributed by atoms with E-state index in [1.54, 1.807) is 54.7 Å². The van der Waals surface area contributed by atoms with Gasteiger partial charge in [0.25, 0.3) is 0 Å². The van der Waals surface area contributed by atoms with Gasteiger partial charge in [0.15, 0.2) is 5.75 Å². The topological polar surface area (TPSA) is 186 Å². The molecule has 0 saturated carbocycles. The number of amides is 2. The molecule has 4 aromatic carbocycles. The maximum absolute atomic E-state index is 13.5. The Morgan fingerprint density at radius 1 is 0.830 bits per heavy atom. The molecule has 14 nitrogen and oxygen atoms in total. The van der Waals surface area contributed by atoms with Crippen LogP contribution in [0.5, 0.6) is 28.7 Å². The molecule has 5 N–H and O–H groups in total. The summed E-state index contributed by atoms with van der Waals surface area (Å²) in [5.74, 6) is 2.38. The second-order valence-corrected chi connectivity index (χ2v) is 15.7. The first-order valence-corrected chi connectivity index (χ1v) is 19.5. The summed E-state index contributed by atoms with van der Waals surface area (Å²) < 4.78 is 61.1. The van der Waals surface area contributed by atoms with Crippen LogP contribution in [0.1, 0.15) is 31.9 Å². The van der Waals surface area contributed by atoms with Crippen LogP contribution in [0.25, 0.3) is 10.8 Å². The molecule has 0 spiro atoms. The van der Waals surface area contributed by atoms with E-state index < -0.39 is 24.1 Å². The Labute approximate surface area is 308 Å². The van der Waals surface area contributed by atoms with Gasteiger partial charge in [0, 0.05) is 40.9 Å². The van der Waals surface area contributed by atoms with Crippen LogP contribution in [0.3, 0.4) is 0 Å². The summed E-state index contributed by atoms with van der Waals surface area (Å²) in [5.41, 5.74) is 2.43. The van der Waals surface area contributed by atoms with E-state index in [0.29, 0.717) is 51.1 Å². The average molecular weight is 763 g/mol. The number of methoxy groups -OCH3 is 3.